The summed E-state index contributed by atoms with van der Waals surface area (Å²) < 4.78 is 1.88. The van der Waals surface area contributed by atoms with Crippen molar-refractivity contribution < 1.29 is 14.7 Å². The highest BCUT2D eigenvalue weighted by Gasteiger charge is 2.38. The summed E-state index contributed by atoms with van der Waals surface area (Å²) in [6, 6.07) is 0. The van der Waals surface area contributed by atoms with Crippen molar-refractivity contribution in [2.24, 2.45) is 23.7 Å². The molecule has 6 nitrogen and oxygen atoms in total. The van der Waals surface area contributed by atoms with Crippen LogP contribution in [0, 0.1) is 23.7 Å². The van der Waals surface area contributed by atoms with Crippen molar-refractivity contribution >= 4 is 11.9 Å². The molecule has 2 heterocycles. The SMILES string of the molecule is O=C(O)C1CN(C(=O)C2C[C@H]3CCC[C@@H](C2)C3)Cc2nccn2C1. The average Bonchev–Trinajstić information content (AvgIpc) is 2.90. The summed E-state index contributed by atoms with van der Waals surface area (Å²) in [5.74, 6) is 0.996. The van der Waals surface area contributed by atoms with Gasteiger partial charge in [0.2, 0.25) is 5.91 Å². The first-order valence-electron chi connectivity index (χ1n) is 9.11. The number of amides is 1. The molecule has 0 spiro atoms. The second kappa shape index (κ2) is 6.22. The fraction of sp³-hybridized carbons (Fsp3) is 0.722. The molecule has 130 valence electrons. The lowest BCUT2D eigenvalue weighted by Crippen LogP contribution is -2.43. The van der Waals surface area contributed by atoms with Gasteiger partial charge in [-0.3, -0.25) is 9.59 Å². The van der Waals surface area contributed by atoms with Crippen LogP contribution in [-0.2, 0) is 22.7 Å². The maximum Gasteiger partial charge on any atom is 0.310 e. The third kappa shape index (κ3) is 2.94. The molecule has 0 saturated heterocycles. The smallest absolute Gasteiger partial charge is 0.310 e. The van der Waals surface area contributed by atoms with Gasteiger partial charge >= 0.3 is 5.97 Å². The molecule has 2 bridgehead atoms. The van der Waals surface area contributed by atoms with E-state index in [0.717, 1.165) is 18.7 Å². The Morgan fingerprint density at radius 1 is 1.08 bits per heavy atom. The number of carbonyl (C=O) groups is 2. The minimum Gasteiger partial charge on any atom is -0.481 e. The van der Waals surface area contributed by atoms with Crippen molar-refractivity contribution in [3.63, 3.8) is 0 Å². The molecule has 1 aliphatic heterocycles. The Morgan fingerprint density at radius 3 is 2.54 bits per heavy atom. The molecule has 0 radical (unpaired) electrons. The molecule has 1 N–H and O–H groups in total. The second-order valence-corrected chi connectivity index (χ2v) is 7.82. The van der Waals surface area contributed by atoms with E-state index in [4.69, 9.17) is 0 Å². The van der Waals surface area contributed by atoms with Crippen molar-refractivity contribution in [2.45, 2.75) is 51.6 Å². The first-order valence-corrected chi connectivity index (χ1v) is 9.11. The lowest BCUT2D eigenvalue weighted by atomic mass is 9.68. The Hall–Kier alpha value is -1.85. The van der Waals surface area contributed by atoms with E-state index in [-0.39, 0.29) is 11.8 Å². The summed E-state index contributed by atoms with van der Waals surface area (Å²) in [5.41, 5.74) is 0. The van der Waals surface area contributed by atoms with Crippen LogP contribution in [0.1, 0.15) is 44.3 Å². The van der Waals surface area contributed by atoms with E-state index in [1.54, 1.807) is 11.1 Å². The number of hydrogen-bond donors (Lipinski definition) is 1. The first-order chi connectivity index (χ1) is 11.6. The molecule has 0 aromatic carbocycles. The highest BCUT2D eigenvalue weighted by molar-refractivity contribution is 5.80. The molecule has 24 heavy (non-hydrogen) atoms. The second-order valence-electron chi connectivity index (χ2n) is 7.82. The zero-order valence-corrected chi connectivity index (χ0v) is 13.9. The molecule has 4 rings (SSSR count). The fourth-order valence-corrected chi connectivity index (χ4v) is 4.97. The van der Waals surface area contributed by atoms with Crippen molar-refractivity contribution in [3.8, 4) is 0 Å². The van der Waals surface area contributed by atoms with E-state index in [1.807, 2.05) is 10.8 Å². The number of fused-ring (bicyclic) bond motifs is 3. The summed E-state index contributed by atoms with van der Waals surface area (Å²) in [4.78, 5) is 30.8. The third-order valence-electron chi connectivity index (χ3n) is 6.13. The molecular formula is C18H25N3O3. The van der Waals surface area contributed by atoms with Crippen LogP contribution in [0.15, 0.2) is 12.4 Å². The van der Waals surface area contributed by atoms with Gasteiger partial charge in [-0.1, -0.05) is 19.3 Å². The predicted octanol–water partition coefficient (Wildman–Crippen LogP) is 2.14. The number of carboxylic acid groups (broad SMARTS) is 1. The first kappa shape index (κ1) is 15.7. The quantitative estimate of drug-likeness (QED) is 0.901. The minimum atomic E-state index is -0.838. The normalized spacial score (nSPS) is 32.8. The summed E-state index contributed by atoms with van der Waals surface area (Å²) in [5, 5.41) is 9.50. The highest BCUT2D eigenvalue weighted by Crippen LogP contribution is 2.43. The Balaban J connectivity index is 1.53. The monoisotopic (exact) mass is 331 g/mol. The van der Waals surface area contributed by atoms with Crippen LogP contribution in [0.2, 0.25) is 0 Å². The number of imidazole rings is 1. The molecule has 4 atom stereocenters. The van der Waals surface area contributed by atoms with E-state index in [9.17, 15) is 14.7 Å². The fourth-order valence-electron chi connectivity index (χ4n) is 4.97. The maximum absolute atomic E-state index is 13.1. The standard InChI is InChI=1S/C18H25N3O3/c22-17(14-7-12-2-1-3-13(6-12)8-14)21-10-15(18(23)24)9-20-5-4-19-16(20)11-21/h4-5,12-15H,1-3,6-11H2,(H,23,24)/t12-,13+,14?,15?. The Kier molecular flexibility index (Phi) is 4.06. The molecule has 6 heteroatoms. The van der Waals surface area contributed by atoms with Gasteiger partial charge in [0.15, 0.2) is 0 Å². The molecule has 2 unspecified atom stereocenters. The molecule has 2 aliphatic carbocycles. The van der Waals surface area contributed by atoms with Crippen LogP contribution in [0.25, 0.3) is 0 Å². The molecule has 3 aliphatic rings. The third-order valence-corrected chi connectivity index (χ3v) is 6.13. The topological polar surface area (TPSA) is 75.4 Å². The van der Waals surface area contributed by atoms with Crippen LogP contribution >= 0.6 is 0 Å². The van der Waals surface area contributed by atoms with E-state index in [0.29, 0.717) is 31.5 Å². The van der Waals surface area contributed by atoms with Gasteiger partial charge in [0.05, 0.1) is 12.5 Å². The lowest BCUT2D eigenvalue weighted by Gasteiger charge is -2.40. The highest BCUT2D eigenvalue weighted by atomic mass is 16.4. The predicted molar refractivity (Wildman–Crippen MR) is 86.9 cm³/mol. The Morgan fingerprint density at radius 2 is 1.83 bits per heavy atom. The van der Waals surface area contributed by atoms with Gasteiger partial charge < -0.3 is 14.6 Å². The van der Waals surface area contributed by atoms with Crippen molar-refractivity contribution in [1.82, 2.24) is 14.5 Å². The van der Waals surface area contributed by atoms with Crippen molar-refractivity contribution in [3.05, 3.63) is 18.2 Å². The van der Waals surface area contributed by atoms with Crippen LogP contribution in [-0.4, -0.2) is 38.0 Å². The molecular weight excluding hydrogens is 306 g/mol. The van der Waals surface area contributed by atoms with Gasteiger partial charge in [-0.05, 0) is 31.1 Å². The van der Waals surface area contributed by atoms with Crippen LogP contribution < -0.4 is 0 Å². The van der Waals surface area contributed by atoms with E-state index in [1.165, 1.54) is 25.7 Å². The molecule has 2 fully saturated rings. The molecule has 2 saturated carbocycles. The van der Waals surface area contributed by atoms with Gasteiger partial charge in [-0.2, -0.15) is 0 Å². The summed E-state index contributed by atoms with van der Waals surface area (Å²) >= 11 is 0. The summed E-state index contributed by atoms with van der Waals surface area (Å²) in [6.07, 6.45) is 10.6. The van der Waals surface area contributed by atoms with Gasteiger partial charge in [0, 0.05) is 31.4 Å². The van der Waals surface area contributed by atoms with Crippen molar-refractivity contribution in [1.29, 1.82) is 0 Å². The molecule has 1 aromatic heterocycles. The minimum absolute atomic E-state index is 0.0741. The summed E-state index contributed by atoms with van der Waals surface area (Å²) in [7, 11) is 0. The maximum atomic E-state index is 13.1. The van der Waals surface area contributed by atoms with Gasteiger partial charge in [0.25, 0.3) is 0 Å². The number of hydrogen-bond acceptors (Lipinski definition) is 3. The molecule has 1 aromatic rings. The van der Waals surface area contributed by atoms with Gasteiger partial charge in [-0.15, -0.1) is 0 Å². The Labute approximate surface area is 141 Å². The van der Waals surface area contributed by atoms with Crippen molar-refractivity contribution in [2.75, 3.05) is 6.54 Å². The number of carboxylic acids is 1. The number of rotatable bonds is 2. The van der Waals surface area contributed by atoms with Crippen LogP contribution in [0.4, 0.5) is 0 Å². The Bertz CT molecular complexity index is 629. The number of aromatic nitrogens is 2. The zero-order chi connectivity index (χ0) is 16.7. The number of carbonyl (C=O) groups excluding carboxylic acids is 1. The van der Waals surface area contributed by atoms with E-state index in [2.05, 4.69) is 4.98 Å². The van der Waals surface area contributed by atoms with Crippen LogP contribution in [0.3, 0.4) is 0 Å². The number of nitrogens with zero attached hydrogens (tertiary/aromatic N) is 3. The van der Waals surface area contributed by atoms with Gasteiger partial charge in [0.1, 0.15) is 5.82 Å². The lowest BCUT2D eigenvalue weighted by molar-refractivity contribution is -0.145. The van der Waals surface area contributed by atoms with E-state index < -0.39 is 11.9 Å². The molecule has 1 amide bonds. The largest absolute Gasteiger partial charge is 0.481 e. The van der Waals surface area contributed by atoms with Gasteiger partial charge in [-0.25, -0.2) is 4.98 Å². The number of aliphatic carboxylic acids is 1. The summed E-state index contributed by atoms with van der Waals surface area (Å²) in [6.45, 7) is 1.12. The van der Waals surface area contributed by atoms with E-state index >= 15 is 0 Å². The average molecular weight is 331 g/mol. The zero-order valence-electron chi connectivity index (χ0n) is 13.9. The van der Waals surface area contributed by atoms with Crippen LogP contribution in [0.5, 0.6) is 0 Å².